The number of alkyl carbamates (subject to hydrolysis) is 1. The third kappa shape index (κ3) is 3.98. The Morgan fingerprint density at radius 2 is 2.00 bits per heavy atom. The topological polar surface area (TPSA) is 64.6 Å². The molecule has 2 atom stereocenters. The Balaban J connectivity index is 1.72. The molecule has 0 aliphatic heterocycles. The van der Waals surface area contributed by atoms with Crippen LogP contribution in [-0.2, 0) is 20.9 Å². The standard InChI is InChI=1S/C15H19NO4/c1-19-14(17)12-7-8-13(9-12)16-15(18)20-10-11-5-3-2-4-6-11/h2-6,12-13H,7-10H2,1H3,(H,16,18). The van der Waals surface area contributed by atoms with Gasteiger partial charge in [-0.1, -0.05) is 30.3 Å². The zero-order valence-corrected chi connectivity index (χ0v) is 11.5. The van der Waals surface area contributed by atoms with Crippen molar-refractivity contribution in [2.75, 3.05) is 7.11 Å². The fourth-order valence-electron chi connectivity index (χ4n) is 2.42. The van der Waals surface area contributed by atoms with Crippen LogP contribution in [0.25, 0.3) is 0 Å². The Labute approximate surface area is 118 Å². The molecule has 0 spiro atoms. The SMILES string of the molecule is COC(=O)C1CCC(NC(=O)OCc2ccccc2)C1. The second kappa shape index (κ2) is 6.93. The van der Waals surface area contributed by atoms with E-state index in [0.717, 1.165) is 18.4 Å². The van der Waals surface area contributed by atoms with Gasteiger partial charge in [-0.05, 0) is 24.8 Å². The van der Waals surface area contributed by atoms with E-state index in [1.165, 1.54) is 7.11 Å². The van der Waals surface area contributed by atoms with Crippen LogP contribution in [0.1, 0.15) is 24.8 Å². The van der Waals surface area contributed by atoms with Gasteiger partial charge in [0.25, 0.3) is 0 Å². The van der Waals surface area contributed by atoms with E-state index in [1.54, 1.807) is 0 Å². The molecule has 1 aliphatic carbocycles. The molecule has 1 aromatic rings. The van der Waals surface area contributed by atoms with Crippen molar-refractivity contribution in [1.82, 2.24) is 5.32 Å². The highest BCUT2D eigenvalue weighted by molar-refractivity contribution is 5.73. The lowest BCUT2D eigenvalue weighted by Gasteiger charge is -2.13. The Morgan fingerprint density at radius 1 is 1.25 bits per heavy atom. The summed E-state index contributed by atoms with van der Waals surface area (Å²) in [5.74, 6) is -0.314. The highest BCUT2D eigenvalue weighted by Crippen LogP contribution is 2.26. The van der Waals surface area contributed by atoms with E-state index in [4.69, 9.17) is 9.47 Å². The number of methoxy groups -OCH3 is 1. The maximum Gasteiger partial charge on any atom is 0.407 e. The summed E-state index contributed by atoms with van der Waals surface area (Å²) in [5.41, 5.74) is 0.946. The number of carbonyl (C=O) groups is 2. The fourth-order valence-corrected chi connectivity index (χ4v) is 2.42. The van der Waals surface area contributed by atoms with Crippen LogP contribution in [0.5, 0.6) is 0 Å². The third-order valence-corrected chi connectivity index (χ3v) is 3.50. The molecule has 5 nitrogen and oxygen atoms in total. The summed E-state index contributed by atoms with van der Waals surface area (Å²) in [6.07, 6.45) is 1.70. The second-order valence-electron chi connectivity index (χ2n) is 4.94. The zero-order valence-electron chi connectivity index (χ0n) is 11.5. The number of nitrogens with one attached hydrogen (secondary N) is 1. The summed E-state index contributed by atoms with van der Waals surface area (Å²) >= 11 is 0. The van der Waals surface area contributed by atoms with E-state index >= 15 is 0 Å². The molecule has 1 amide bonds. The minimum atomic E-state index is -0.440. The van der Waals surface area contributed by atoms with Crippen LogP contribution in [0.3, 0.4) is 0 Å². The number of hydrogen-bond acceptors (Lipinski definition) is 4. The van der Waals surface area contributed by atoms with Crippen molar-refractivity contribution >= 4 is 12.1 Å². The lowest BCUT2D eigenvalue weighted by atomic mass is 10.1. The summed E-state index contributed by atoms with van der Waals surface area (Å²) in [6, 6.07) is 9.49. The van der Waals surface area contributed by atoms with Gasteiger partial charge in [-0.2, -0.15) is 0 Å². The number of rotatable bonds is 4. The average Bonchev–Trinajstić information content (AvgIpc) is 2.94. The molecule has 0 aromatic heterocycles. The summed E-state index contributed by atoms with van der Waals surface area (Å²) in [5, 5.41) is 2.79. The first-order valence-corrected chi connectivity index (χ1v) is 6.74. The van der Waals surface area contributed by atoms with Crippen LogP contribution < -0.4 is 5.32 Å². The Kier molecular flexibility index (Phi) is 4.98. The molecule has 1 aliphatic rings. The monoisotopic (exact) mass is 277 g/mol. The lowest BCUT2D eigenvalue weighted by Crippen LogP contribution is -2.33. The summed E-state index contributed by atoms with van der Waals surface area (Å²) in [7, 11) is 1.39. The van der Waals surface area contributed by atoms with E-state index < -0.39 is 6.09 Å². The van der Waals surface area contributed by atoms with Crippen molar-refractivity contribution in [3.05, 3.63) is 35.9 Å². The predicted octanol–water partition coefficient (Wildman–Crippen LogP) is 2.25. The first-order chi connectivity index (χ1) is 9.69. The predicted molar refractivity (Wildman–Crippen MR) is 72.9 cm³/mol. The number of benzene rings is 1. The van der Waals surface area contributed by atoms with Gasteiger partial charge in [-0.15, -0.1) is 0 Å². The molecule has 5 heteroatoms. The minimum absolute atomic E-state index is 0.0117. The van der Waals surface area contributed by atoms with Gasteiger partial charge < -0.3 is 14.8 Å². The maximum absolute atomic E-state index is 11.7. The molecule has 1 saturated carbocycles. The van der Waals surface area contributed by atoms with Crippen LogP contribution in [-0.4, -0.2) is 25.2 Å². The van der Waals surface area contributed by atoms with E-state index in [9.17, 15) is 9.59 Å². The largest absolute Gasteiger partial charge is 0.469 e. The summed E-state index contributed by atoms with van der Waals surface area (Å²) < 4.78 is 9.86. The Hall–Kier alpha value is -2.04. The van der Waals surface area contributed by atoms with E-state index in [2.05, 4.69) is 5.32 Å². The number of amides is 1. The van der Waals surface area contributed by atoms with Crippen molar-refractivity contribution in [2.45, 2.75) is 31.9 Å². The number of carbonyl (C=O) groups excluding carboxylic acids is 2. The van der Waals surface area contributed by atoms with Gasteiger partial charge in [0.2, 0.25) is 0 Å². The smallest absolute Gasteiger partial charge is 0.407 e. The molecule has 1 aromatic carbocycles. The van der Waals surface area contributed by atoms with Gasteiger partial charge in [-0.25, -0.2) is 4.79 Å². The van der Waals surface area contributed by atoms with Crippen LogP contribution in [0.4, 0.5) is 4.79 Å². The molecule has 2 rings (SSSR count). The van der Waals surface area contributed by atoms with E-state index in [1.807, 2.05) is 30.3 Å². The van der Waals surface area contributed by atoms with Crippen LogP contribution in [0.2, 0.25) is 0 Å². The number of esters is 1. The van der Waals surface area contributed by atoms with E-state index in [-0.39, 0.29) is 24.5 Å². The highest BCUT2D eigenvalue weighted by atomic mass is 16.5. The van der Waals surface area contributed by atoms with E-state index in [0.29, 0.717) is 6.42 Å². The highest BCUT2D eigenvalue weighted by Gasteiger charge is 2.31. The quantitative estimate of drug-likeness (QED) is 0.857. The summed E-state index contributed by atoms with van der Waals surface area (Å²) in [4.78, 5) is 23.1. The summed E-state index contributed by atoms with van der Waals surface area (Å²) in [6.45, 7) is 0.250. The van der Waals surface area contributed by atoms with Gasteiger partial charge in [0.15, 0.2) is 0 Å². The first-order valence-electron chi connectivity index (χ1n) is 6.74. The van der Waals surface area contributed by atoms with Gasteiger partial charge in [0.1, 0.15) is 6.61 Å². The third-order valence-electron chi connectivity index (χ3n) is 3.50. The van der Waals surface area contributed by atoms with Gasteiger partial charge in [0.05, 0.1) is 13.0 Å². The molecule has 0 radical (unpaired) electrons. The molecule has 20 heavy (non-hydrogen) atoms. The van der Waals surface area contributed by atoms with Gasteiger partial charge >= 0.3 is 12.1 Å². The van der Waals surface area contributed by atoms with Crippen molar-refractivity contribution in [3.8, 4) is 0 Å². The zero-order chi connectivity index (χ0) is 14.4. The maximum atomic E-state index is 11.7. The lowest BCUT2D eigenvalue weighted by molar-refractivity contribution is -0.145. The molecular weight excluding hydrogens is 258 g/mol. The van der Waals surface area contributed by atoms with Crippen LogP contribution in [0, 0.1) is 5.92 Å². The molecule has 108 valence electrons. The van der Waals surface area contributed by atoms with Crippen LogP contribution in [0.15, 0.2) is 30.3 Å². The molecular formula is C15H19NO4. The minimum Gasteiger partial charge on any atom is -0.469 e. The van der Waals surface area contributed by atoms with Gasteiger partial charge in [-0.3, -0.25) is 4.79 Å². The van der Waals surface area contributed by atoms with Gasteiger partial charge in [0, 0.05) is 6.04 Å². The molecule has 0 heterocycles. The molecule has 0 saturated heterocycles. The van der Waals surface area contributed by atoms with Crippen LogP contribution >= 0.6 is 0 Å². The second-order valence-corrected chi connectivity index (χ2v) is 4.94. The van der Waals surface area contributed by atoms with Crippen molar-refractivity contribution < 1.29 is 19.1 Å². The van der Waals surface area contributed by atoms with Crippen molar-refractivity contribution in [3.63, 3.8) is 0 Å². The fraction of sp³-hybridized carbons (Fsp3) is 0.467. The number of hydrogen-bond donors (Lipinski definition) is 1. The molecule has 1 fully saturated rings. The molecule has 2 unspecified atom stereocenters. The Bertz CT molecular complexity index is 460. The molecule has 0 bridgehead atoms. The average molecular weight is 277 g/mol. The normalized spacial score (nSPS) is 21.2. The molecule has 1 N–H and O–H groups in total. The first kappa shape index (κ1) is 14.4. The Morgan fingerprint density at radius 3 is 2.70 bits per heavy atom. The number of ether oxygens (including phenoxy) is 2. The van der Waals surface area contributed by atoms with Crippen molar-refractivity contribution in [2.24, 2.45) is 5.92 Å². The van der Waals surface area contributed by atoms with Crippen molar-refractivity contribution in [1.29, 1.82) is 0 Å².